The van der Waals surface area contributed by atoms with E-state index in [1.54, 1.807) is 18.3 Å². The molecule has 0 unspecified atom stereocenters. The maximum absolute atomic E-state index is 12.1. The van der Waals surface area contributed by atoms with Gasteiger partial charge >= 0.3 is 59.1 Å². The molecule has 1 aliphatic rings. The minimum Gasteiger partial charge on any atom is -0.790 e. The number of H-pyrrole nitrogens is 1. The second-order valence-corrected chi connectivity index (χ2v) is 8.93. The molecule has 1 saturated heterocycles. The van der Waals surface area contributed by atoms with E-state index in [1.165, 1.54) is 11.2 Å². The van der Waals surface area contributed by atoms with Crippen LogP contribution in [0.1, 0.15) is 24.5 Å². The molecular formula is C20H23ClN5Na2O7P. The van der Waals surface area contributed by atoms with Crippen LogP contribution >= 0.6 is 19.4 Å². The van der Waals surface area contributed by atoms with Gasteiger partial charge in [-0.1, -0.05) is 23.7 Å². The SMILES string of the molecule is O.O.O=C(COP(=O)([O-])[O-])N1CCC(c2[nH]nc(-c3ccc(Cl)cc3)c2-c2ccncn2)CC1.[Na+].[Na+]. The quantitative estimate of drug-likeness (QED) is 0.227. The number of aromatic amines is 1. The summed E-state index contributed by atoms with van der Waals surface area (Å²) in [6.45, 7) is 0.0205. The number of phosphoric acid groups is 1. The van der Waals surface area contributed by atoms with E-state index in [0.717, 1.165) is 28.2 Å². The zero-order valence-corrected chi connectivity index (χ0v) is 25.5. The topological polar surface area (TPSA) is 210 Å². The molecular weight excluding hydrogens is 535 g/mol. The second-order valence-electron chi connectivity index (χ2n) is 7.34. The van der Waals surface area contributed by atoms with Crippen molar-refractivity contribution in [1.82, 2.24) is 25.1 Å². The van der Waals surface area contributed by atoms with Crippen molar-refractivity contribution in [2.75, 3.05) is 19.7 Å². The van der Waals surface area contributed by atoms with Gasteiger partial charge in [0.25, 0.3) is 0 Å². The number of carbonyl (C=O) groups excluding carboxylic acids is 1. The first-order chi connectivity index (χ1) is 15.3. The Labute approximate surface area is 256 Å². The molecule has 4 rings (SSSR count). The third-order valence-corrected chi connectivity index (χ3v) is 6.05. The zero-order chi connectivity index (χ0) is 22.7. The number of hydrogen-bond acceptors (Lipinski definition) is 8. The van der Waals surface area contributed by atoms with Crippen molar-refractivity contribution in [2.45, 2.75) is 18.8 Å². The third-order valence-electron chi connectivity index (χ3n) is 5.35. The Hall–Kier alpha value is -0.700. The Morgan fingerprint density at radius 3 is 2.33 bits per heavy atom. The molecule has 1 aliphatic heterocycles. The number of phosphoric ester groups is 1. The number of amides is 1. The largest absolute Gasteiger partial charge is 1.00 e. The molecule has 0 radical (unpaired) electrons. The van der Waals surface area contributed by atoms with E-state index in [2.05, 4.69) is 24.7 Å². The first-order valence-corrected chi connectivity index (χ1v) is 11.7. The standard InChI is InChI=1S/C20H21ClN5O5P.2Na.2H2O/c21-15-3-1-13(2-4-15)19-18(16-5-8-22-12-23-16)20(25-24-19)14-6-9-26(10-7-14)17(27)11-31-32(28,29)30;;;;/h1-5,8,12,14H,6-7,9-11H2,(H,24,25)(H2,28,29,30);;;2*1H2/q;2*+1;;/p-2. The number of benzene rings is 1. The number of rotatable bonds is 6. The number of halogens is 1. The van der Waals surface area contributed by atoms with Crippen LogP contribution in [0.15, 0.2) is 42.9 Å². The smallest absolute Gasteiger partial charge is 0.790 e. The number of nitrogens with zero attached hydrogens (tertiary/aromatic N) is 4. The van der Waals surface area contributed by atoms with Gasteiger partial charge in [0.15, 0.2) is 0 Å². The van der Waals surface area contributed by atoms with Crippen molar-refractivity contribution in [3.8, 4) is 22.5 Å². The van der Waals surface area contributed by atoms with Crippen LogP contribution in [0, 0.1) is 0 Å². The van der Waals surface area contributed by atoms with Gasteiger partial charge in [-0.2, -0.15) is 5.10 Å². The number of aromatic nitrogens is 4. The van der Waals surface area contributed by atoms with E-state index in [9.17, 15) is 19.1 Å². The van der Waals surface area contributed by atoms with Gasteiger partial charge in [-0.3, -0.25) is 9.89 Å². The normalized spacial score (nSPS) is 13.5. The minimum absolute atomic E-state index is 0. The van der Waals surface area contributed by atoms with Crippen molar-refractivity contribution in [3.63, 3.8) is 0 Å². The number of carbonyl (C=O) groups is 1. The molecule has 0 spiro atoms. The van der Waals surface area contributed by atoms with Crippen LogP contribution in [0.25, 0.3) is 22.5 Å². The number of piperidine rings is 1. The van der Waals surface area contributed by atoms with Crippen molar-refractivity contribution in [2.24, 2.45) is 0 Å². The molecule has 36 heavy (non-hydrogen) atoms. The fourth-order valence-corrected chi connectivity index (χ4v) is 4.20. The van der Waals surface area contributed by atoms with E-state index in [4.69, 9.17) is 11.6 Å². The summed E-state index contributed by atoms with van der Waals surface area (Å²) < 4.78 is 14.7. The Morgan fingerprint density at radius 1 is 1.14 bits per heavy atom. The van der Waals surface area contributed by atoms with Gasteiger partial charge in [-0.25, -0.2) is 9.97 Å². The molecule has 3 heterocycles. The summed E-state index contributed by atoms with van der Waals surface area (Å²) in [5.41, 5.74) is 4.11. The van der Waals surface area contributed by atoms with Crippen molar-refractivity contribution in [3.05, 3.63) is 53.6 Å². The summed E-state index contributed by atoms with van der Waals surface area (Å²) in [6.07, 6.45) is 4.39. The molecule has 16 heteroatoms. The molecule has 3 aromatic rings. The summed E-state index contributed by atoms with van der Waals surface area (Å²) in [5.74, 6) is -0.457. The van der Waals surface area contributed by atoms with Crippen LogP contribution in [0.3, 0.4) is 0 Å². The van der Waals surface area contributed by atoms with Crippen LogP contribution < -0.4 is 68.9 Å². The molecule has 0 saturated carbocycles. The van der Waals surface area contributed by atoms with Gasteiger partial charge < -0.3 is 34.7 Å². The van der Waals surface area contributed by atoms with Gasteiger partial charge in [0, 0.05) is 47.0 Å². The third kappa shape index (κ3) is 8.95. The monoisotopic (exact) mass is 557 g/mol. The predicted molar refractivity (Wildman–Crippen MR) is 119 cm³/mol. The molecule has 12 nitrogen and oxygen atoms in total. The number of hydrogen-bond donors (Lipinski definition) is 1. The summed E-state index contributed by atoms with van der Waals surface area (Å²) in [4.78, 5) is 43.3. The summed E-state index contributed by atoms with van der Waals surface area (Å²) in [5, 5.41) is 8.33. The van der Waals surface area contributed by atoms with E-state index in [-0.39, 0.29) is 76.0 Å². The van der Waals surface area contributed by atoms with Crippen molar-refractivity contribution < 1.29 is 93.7 Å². The van der Waals surface area contributed by atoms with E-state index < -0.39 is 20.3 Å². The van der Waals surface area contributed by atoms with E-state index in [1.807, 2.05) is 18.2 Å². The molecule has 5 N–H and O–H groups in total. The van der Waals surface area contributed by atoms with E-state index in [0.29, 0.717) is 31.0 Å². The van der Waals surface area contributed by atoms with Crippen LogP contribution in [0.2, 0.25) is 5.02 Å². The van der Waals surface area contributed by atoms with Crippen molar-refractivity contribution >= 4 is 25.3 Å². The molecule has 0 bridgehead atoms. The Balaban J connectivity index is 0.00000306. The van der Waals surface area contributed by atoms with Gasteiger partial charge in [-0.15, -0.1) is 0 Å². The predicted octanol–water partition coefficient (Wildman–Crippen LogP) is -5.90. The molecule has 184 valence electrons. The Bertz CT molecular complexity index is 1140. The summed E-state index contributed by atoms with van der Waals surface area (Å²) in [6, 6.07) is 9.18. The Kier molecular flexibility index (Phi) is 15.3. The number of likely N-dealkylation sites (tertiary alicyclic amines) is 1. The zero-order valence-electron chi connectivity index (χ0n) is 19.8. The molecule has 1 fully saturated rings. The first-order valence-electron chi connectivity index (χ1n) is 9.87. The molecule has 0 atom stereocenters. The van der Waals surface area contributed by atoms with Gasteiger partial charge in [0.05, 0.1) is 13.5 Å². The average molecular weight is 558 g/mol. The van der Waals surface area contributed by atoms with Gasteiger partial charge in [0.1, 0.15) is 18.6 Å². The molecule has 0 aliphatic carbocycles. The molecule has 1 aromatic carbocycles. The fraction of sp³-hybridized carbons (Fsp3) is 0.300. The first kappa shape index (κ1) is 35.3. The summed E-state index contributed by atoms with van der Waals surface area (Å²) in [7, 11) is -5.18. The molecule has 1 amide bonds. The van der Waals surface area contributed by atoms with Crippen molar-refractivity contribution in [1.29, 1.82) is 0 Å². The fourth-order valence-electron chi connectivity index (χ4n) is 3.81. The Morgan fingerprint density at radius 2 is 1.78 bits per heavy atom. The van der Waals surface area contributed by atoms with E-state index >= 15 is 0 Å². The second kappa shape index (κ2) is 15.6. The average Bonchev–Trinajstić information content (AvgIpc) is 3.23. The van der Waals surface area contributed by atoms with Crippen LogP contribution in [0.4, 0.5) is 0 Å². The minimum atomic E-state index is -5.18. The van der Waals surface area contributed by atoms with Gasteiger partial charge in [-0.05, 0) is 31.0 Å². The van der Waals surface area contributed by atoms with Crippen LogP contribution in [0.5, 0.6) is 0 Å². The molecule has 2 aromatic heterocycles. The maximum Gasteiger partial charge on any atom is 1.00 e. The van der Waals surface area contributed by atoms with Crippen LogP contribution in [-0.2, 0) is 13.9 Å². The maximum atomic E-state index is 12.1. The van der Waals surface area contributed by atoms with Gasteiger partial charge in [0.2, 0.25) is 5.91 Å². The van der Waals surface area contributed by atoms with Crippen LogP contribution in [-0.4, -0.2) is 61.6 Å². The summed E-state index contributed by atoms with van der Waals surface area (Å²) >= 11 is 6.03. The number of nitrogens with one attached hydrogen (secondary N) is 1.